The summed E-state index contributed by atoms with van der Waals surface area (Å²) in [6, 6.07) is 14.3. The number of sulfone groups is 1. The van der Waals surface area contributed by atoms with Crippen LogP contribution in [0.2, 0.25) is 0 Å². The monoisotopic (exact) mass is 343 g/mol. The summed E-state index contributed by atoms with van der Waals surface area (Å²) >= 11 is 0. The first kappa shape index (κ1) is 15.9. The number of primary amides is 1. The number of rotatable bonds is 3. The van der Waals surface area contributed by atoms with Gasteiger partial charge in [-0.05, 0) is 17.7 Å². The number of nitrogens with two attached hydrogens (primary N) is 1. The highest BCUT2D eigenvalue weighted by atomic mass is 32.2. The molecule has 0 bridgehead atoms. The van der Waals surface area contributed by atoms with Gasteiger partial charge in [0.2, 0.25) is 9.84 Å². The molecule has 2 aromatic rings. The first-order valence-electron chi connectivity index (χ1n) is 7.02. The van der Waals surface area contributed by atoms with E-state index in [9.17, 15) is 18.0 Å². The quantitative estimate of drug-likeness (QED) is 0.920. The van der Waals surface area contributed by atoms with Crippen molar-refractivity contribution in [3.05, 3.63) is 70.6 Å². The lowest BCUT2D eigenvalue weighted by Crippen LogP contribution is -2.26. The number of hydrogen-bond acceptors (Lipinski definition) is 5. The van der Waals surface area contributed by atoms with E-state index in [1.165, 1.54) is 18.2 Å². The van der Waals surface area contributed by atoms with Crippen LogP contribution in [-0.4, -0.2) is 26.9 Å². The third-order valence-corrected chi connectivity index (χ3v) is 5.57. The highest BCUT2D eigenvalue weighted by Crippen LogP contribution is 2.37. The van der Waals surface area contributed by atoms with Crippen LogP contribution in [0.1, 0.15) is 15.9 Å². The third kappa shape index (κ3) is 2.59. The minimum atomic E-state index is -3.98. The second-order valence-corrected chi connectivity index (χ2v) is 7.04. The number of fused-ring (bicyclic) bond motifs is 1. The number of benzene rings is 2. The average Bonchev–Trinajstić information content (AvgIpc) is 2.57. The van der Waals surface area contributed by atoms with Crippen molar-refractivity contribution in [1.82, 2.24) is 0 Å². The van der Waals surface area contributed by atoms with Crippen molar-refractivity contribution >= 4 is 27.3 Å². The summed E-state index contributed by atoms with van der Waals surface area (Å²) in [6.07, 6.45) is -1.11. The summed E-state index contributed by atoms with van der Waals surface area (Å²) in [6.45, 7) is -0.595. The van der Waals surface area contributed by atoms with Gasteiger partial charge in [0.1, 0.15) is 6.61 Å². The van der Waals surface area contributed by atoms with E-state index in [4.69, 9.17) is 5.73 Å². The summed E-state index contributed by atoms with van der Waals surface area (Å²) in [5.74, 6) is -0.435. The molecule has 2 aromatic carbocycles. The Bertz CT molecular complexity index is 961. The number of carbonyl (C=O) groups is 2. The predicted octanol–water partition coefficient (Wildman–Crippen LogP) is 2.16. The van der Waals surface area contributed by atoms with E-state index in [0.29, 0.717) is 5.56 Å². The number of Topliss-reactive ketones (excluding diaryl/α,β-unsaturated/α-hetero) is 1. The highest BCUT2D eigenvalue weighted by molar-refractivity contribution is 7.95. The van der Waals surface area contributed by atoms with Gasteiger partial charge < -0.3 is 10.5 Å². The van der Waals surface area contributed by atoms with E-state index in [1.54, 1.807) is 36.4 Å². The van der Waals surface area contributed by atoms with Crippen LogP contribution in [0.5, 0.6) is 0 Å². The maximum absolute atomic E-state index is 12.9. The zero-order chi connectivity index (χ0) is 17.3. The second kappa shape index (κ2) is 5.93. The van der Waals surface area contributed by atoms with Gasteiger partial charge in [0, 0.05) is 11.1 Å². The molecule has 0 unspecified atom stereocenters. The molecular formula is C17H13NO5S. The van der Waals surface area contributed by atoms with Crippen LogP contribution in [0.3, 0.4) is 0 Å². The number of ketones is 1. The lowest BCUT2D eigenvalue weighted by molar-refractivity contribution is 0.105. The van der Waals surface area contributed by atoms with E-state index in [1.807, 2.05) is 0 Å². The smallest absolute Gasteiger partial charge is 0.404 e. The van der Waals surface area contributed by atoms with Gasteiger partial charge in [0.05, 0.1) is 9.80 Å². The van der Waals surface area contributed by atoms with Crippen LogP contribution in [0.4, 0.5) is 4.79 Å². The molecule has 24 heavy (non-hydrogen) atoms. The molecule has 1 aliphatic rings. The molecule has 0 atom stereocenters. The SMILES string of the molecule is NC(=O)OCC1=C(c2ccccc2)C(=O)c2ccccc2S1(=O)=O. The molecule has 0 radical (unpaired) electrons. The summed E-state index contributed by atoms with van der Waals surface area (Å²) in [4.78, 5) is 23.4. The Labute approximate surface area is 138 Å². The van der Waals surface area contributed by atoms with Gasteiger partial charge in [0.15, 0.2) is 5.78 Å². The standard InChI is InChI=1S/C17H13NO5S/c18-17(20)23-10-14-15(11-6-2-1-3-7-11)16(19)12-8-4-5-9-13(12)24(14,21)22/h1-9H,10H2,(H2,18,20). The lowest BCUT2D eigenvalue weighted by Gasteiger charge is -2.22. The van der Waals surface area contributed by atoms with E-state index < -0.39 is 28.3 Å². The van der Waals surface area contributed by atoms with Crippen LogP contribution in [0.15, 0.2) is 64.4 Å². The van der Waals surface area contributed by atoms with Crippen LogP contribution >= 0.6 is 0 Å². The fourth-order valence-electron chi connectivity index (χ4n) is 2.60. The Morgan fingerprint density at radius 3 is 2.29 bits per heavy atom. The van der Waals surface area contributed by atoms with Crippen LogP contribution < -0.4 is 5.73 Å². The Morgan fingerprint density at radius 1 is 1.00 bits per heavy atom. The predicted molar refractivity (Wildman–Crippen MR) is 86.9 cm³/mol. The maximum atomic E-state index is 12.9. The molecule has 6 nitrogen and oxygen atoms in total. The largest absolute Gasteiger partial charge is 0.444 e. The maximum Gasteiger partial charge on any atom is 0.404 e. The molecule has 3 rings (SSSR count). The number of carbonyl (C=O) groups excluding carboxylic acids is 2. The van der Waals surface area contributed by atoms with E-state index >= 15 is 0 Å². The van der Waals surface area contributed by atoms with Crippen molar-refractivity contribution in [2.24, 2.45) is 5.73 Å². The molecule has 0 spiro atoms. The fourth-order valence-corrected chi connectivity index (χ4v) is 4.27. The zero-order valence-corrected chi connectivity index (χ0v) is 13.2. The number of amides is 1. The minimum Gasteiger partial charge on any atom is -0.444 e. The van der Waals surface area contributed by atoms with Gasteiger partial charge in [-0.3, -0.25) is 4.79 Å². The molecular weight excluding hydrogens is 330 g/mol. The van der Waals surface area contributed by atoms with Crippen molar-refractivity contribution in [2.75, 3.05) is 6.61 Å². The van der Waals surface area contributed by atoms with Crippen molar-refractivity contribution < 1.29 is 22.7 Å². The summed E-state index contributed by atoms with van der Waals surface area (Å²) in [5, 5.41) is 0. The van der Waals surface area contributed by atoms with Crippen molar-refractivity contribution in [3.63, 3.8) is 0 Å². The molecule has 0 aliphatic carbocycles. The molecule has 0 saturated heterocycles. The first-order valence-corrected chi connectivity index (χ1v) is 8.51. The van der Waals surface area contributed by atoms with Gasteiger partial charge in [-0.15, -0.1) is 0 Å². The fraction of sp³-hybridized carbons (Fsp3) is 0.0588. The third-order valence-electron chi connectivity index (χ3n) is 3.66. The van der Waals surface area contributed by atoms with Crippen LogP contribution in [0, 0.1) is 0 Å². The molecule has 0 fully saturated rings. The molecule has 2 N–H and O–H groups in total. The number of hydrogen-bond donors (Lipinski definition) is 1. The normalized spacial score (nSPS) is 15.8. The molecule has 0 aromatic heterocycles. The van der Waals surface area contributed by atoms with Crippen LogP contribution in [0.25, 0.3) is 5.57 Å². The van der Waals surface area contributed by atoms with E-state index in [0.717, 1.165) is 0 Å². The highest BCUT2D eigenvalue weighted by Gasteiger charge is 2.37. The van der Waals surface area contributed by atoms with Gasteiger partial charge in [-0.1, -0.05) is 42.5 Å². The first-order chi connectivity index (χ1) is 11.4. The number of ether oxygens (including phenoxy) is 1. The Hall–Kier alpha value is -2.93. The zero-order valence-electron chi connectivity index (χ0n) is 12.4. The average molecular weight is 343 g/mol. The van der Waals surface area contributed by atoms with E-state index in [-0.39, 0.29) is 20.9 Å². The van der Waals surface area contributed by atoms with Gasteiger partial charge in [-0.2, -0.15) is 0 Å². The molecule has 1 aliphatic heterocycles. The Morgan fingerprint density at radius 2 is 1.62 bits per heavy atom. The molecule has 1 amide bonds. The van der Waals surface area contributed by atoms with Crippen molar-refractivity contribution in [1.29, 1.82) is 0 Å². The molecule has 1 heterocycles. The molecule has 0 saturated carbocycles. The van der Waals surface area contributed by atoms with E-state index in [2.05, 4.69) is 4.74 Å². The Kier molecular flexibility index (Phi) is 3.94. The minimum absolute atomic E-state index is 0.00412. The molecule has 122 valence electrons. The van der Waals surface area contributed by atoms with Gasteiger partial charge in [-0.25, -0.2) is 13.2 Å². The number of allylic oxidation sites excluding steroid dienone is 1. The summed E-state index contributed by atoms with van der Waals surface area (Å²) in [5.41, 5.74) is 5.47. The Balaban J connectivity index is 2.29. The van der Waals surface area contributed by atoms with Crippen molar-refractivity contribution in [2.45, 2.75) is 4.90 Å². The van der Waals surface area contributed by atoms with Gasteiger partial charge >= 0.3 is 6.09 Å². The van der Waals surface area contributed by atoms with Gasteiger partial charge in [0.25, 0.3) is 0 Å². The van der Waals surface area contributed by atoms with Crippen molar-refractivity contribution in [3.8, 4) is 0 Å². The topological polar surface area (TPSA) is 104 Å². The lowest BCUT2D eigenvalue weighted by atomic mass is 9.96. The second-order valence-electron chi connectivity index (χ2n) is 5.10. The summed E-state index contributed by atoms with van der Waals surface area (Å²) < 4.78 is 30.5. The van der Waals surface area contributed by atoms with Crippen LogP contribution in [-0.2, 0) is 14.6 Å². The molecule has 7 heteroatoms. The summed E-state index contributed by atoms with van der Waals surface area (Å²) in [7, 11) is -3.98.